The second-order valence-electron chi connectivity index (χ2n) is 4.60. The molecule has 1 aromatic carbocycles. The molecule has 7 nitrogen and oxygen atoms in total. The molecule has 2 atom stereocenters. The Morgan fingerprint density at radius 2 is 1.62 bits per heavy atom. The Kier molecular flexibility index (Phi) is 6.05. The zero-order valence-corrected chi connectivity index (χ0v) is 14.1. The molecule has 0 spiro atoms. The molecule has 0 aliphatic heterocycles. The lowest BCUT2D eigenvalue weighted by Crippen LogP contribution is -2.33. The Bertz CT molecular complexity index is 711. The van der Waals surface area contributed by atoms with Gasteiger partial charge in [0.05, 0.1) is 9.79 Å². The smallest absolute Gasteiger partial charge is 0.240 e. The van der Waals surface area contributed by atoms with Crippen LogP contribution in [0.25, 0.3) is 0 Å². The molecule has 10 heteroatoms. The number of hydrogen-bond donors (Lipinski definition) is 2. The van der Waals surface area contributed by atoms with Crippen LogP contribution in [0, 0.1) is 0 Å². The summed E-state index contributed by atoms with van der Waals surface area (Å²) in [4.78, 5) is -0.213. The van der Waals surface area contributed by atoms with E-state index < -0.39 is 30.8 Å². The first-order chi connectivity index (χ1) is 9.52. The molecule has 0 aliphatic carbocycles. The minimum absolute atomic E-state index is 0.0561. The van der Waals surface area contributed by atoms with Crippen molar-refractivity contribution in [1.82, 2.24) is 4.72 Å². The van der Waals surface area contributed by atoms with E-state index in [9.17, 15) is 21.0 Å². The van der Waals surface area contributed by atoms with Crippen LogP contribution < -0.4 is 9.86 Å². The van der Waals surface area contributed by atoms with E-state index in [1.54, 1.807) is 13.2 Å². The number of primary sulfonamides is 1. The van der Waals surface area contributed by atoms with Crippen LogP contribution in [-0.2, 0) is 30.8 Å². The lowest BCUT2D eigenvalue weighted by Gasteiger charge is -2.13. The molecule has 3 N–H and O–H groups in total. The van der Waals surface area contributed by atoms with Gasteiger partial charge in [-0.15, -0.1) is 0 Å². The minimum Gasteiger partial charge on any atom is -0.260 e. The van der Waals surface area contributed by atoms with E-state index >= 15 is 0 Å². The van der Waals surface area contributed by atoms with Crippen molar-refractivity contribution in [2.24, 2.45) is 5.14 Å². The molecular formula is C11H18N2O5S3. The quantitative estimate of drug-likeness (QED) is 0.700. The third-order valence-corrected chi connectivity index (χ3v) is 6.00. The van der Waals surface area contributed by atoms with Crippen LogP contribution in [0.5, 0.6) is 0 Å². The van der Waals surface area contributed by atoms with Crippen LogP contribution in [0.1, 0.15) is 13.3 Å². The third kappa shape index (κ3) is 5.83. The van der Waals surface area contributed by atoms with E-state index in [2.05, 4.69) is 4.72 Å². The lowest BCUT2D eigenvalue weighted by molar-refractivity contribution is 0.555. The molecule has 0 fully saturated rings. The fourth-order valence-corrected chi connectivity index (χ4v) is 4.02. The summed E-state index contributed by atoms with van der Waals surface area (Å²) in [6.07, 6.45) is 1.99. The Labute approximate surface area is 127 Å². The highest BCUT2D eigenvalue weighted by atomic mass is 32.2. The number of nitrogens with one attached hydrogen (secondary N) is 1. The topological polar surface area (TPSA) is 123 Å². The molecule has 0 saturated carbocycles. The third-order valence-electron chi connectivity index (χ3n) is 2.66. The molecule has 1 aromatic rings. The van der Waals surface area contributed by atoms with Crippen molar-refractivity contribution in [2.75, 3.05) is 12.0 Å². The van der Waals surface area contributed by atoms with E-state index in [0.29, 0.717) is 12.2 Å². The SMILES string of the molecule is CC(CCS(C)=O)NS(=O)(=O)c1ccc(S(N)(=O)=O)cc1. The van der Waals surface area contributed by atoms with Gasteiger partial charge < -0.3 is 0 Å². The number of hydrogen-bond acceptors (Lipinski definition) is 5. The largest absolute Gasteiger partial charge is 0.260 e. The number of sulfonamides is 2. The summed E-state index contributed by atoms with van der Waals surface area (Å²) < 4.78 is 59.8. The van der Waals surface area contributed by atoms with Crippen molar-refractivity contribution in [1.29, 1.82) is 0 Å². The Morgan fingerprint density at radius 3 is 2.05 bits per heavy atom. The van der Waals surface area contributed by atoms with Gasteiger partial charge >= 0.3 is 0 Å². The second kappa shape index (κ2) is 6.97. The molecular weight excluding hydrogens is 336 g/mol. The van der Waals surface area contributed by atoms with Gasteiger partial charge in [-0.2, -0.15) is 0 Å². The Morgan fingerprint density at radius 1 is 1.14 bits per heavy atom. The van der Waals surface area contributed by atoms with Gasteiger partial charge in [0.15, 0.2) is 0 Å². The first kappa shape index (κ1) is 18.2. The maximum absolute atomic E-state index is 12.1. The molecule has 0 amide bonds. The first-order valence-electron chi connectivity index (χ1n) is 5.97. The van der Waals surface area contributed by atoms with Crippen molar-refractivity contribution < 1.29 is 21.0 Å². The van der Waals surface area contributed by atoms with E-state index in [0.717, 1.165) is 12.1 Å². The number of rotatable bonds is 7. The molecule has 2 unspecified atom stereocenters. The van der Waals surface area contributed by atoms with Gasteiger partial charge in [0.2, 0.25) is 20.0 Å². The summed E-state index contributed by atoms with van der Waals surface area (Å²) >= 11 is 0. The van der Waals surface area contributed by atoms with Gasteiger partial charge in [0, 0.05) is 28.9 Å². The number of benzene rings is 1. The van der Waals surface area contributed by atoms with Crippen molar-refractivity contribution in [2.45, 2.75) is 29.2 Å². The standard InChI is InChI=1S/C11H18N2O5S3/c1-9(7-8-19(2)14)13-21(17,18)11-5-3-10(4-6-11)20(12,15)16/h3-6,9,13H,7-8H2,1-2H3,(H2,12,15,16). The zero-order valence-electron chi connectivity index (χ0n) is 11.6. The molecule has 0 bridgehead atoms. The van der Waals surface area contributed by atoms with E-state index in [-0.39, 0.29) is 15.8 Å². The Balaban J connectivity index is 2.86. The fraction of sp³-hybridized carbons (Fsp3) is 0.455. The molecule has 21 heavy (non-hydrogen) atoms. The van der Waals surface area contributed by atoms with E-state index in [1.165, 1.54) is 12.1 Å². The normalized spacial score (nSPS) is 15.6. The van der Waals surface area contributed by atoms with Crippen molar-refractivity contribution in [3.8, 4) is 0 Å². The van der Waals surface area contributed by atoms with Gasteiger partial charge in [-0.05, 0) is 37.6 Å². The first-order valence-corrected chi connectivity index (χ1v) is 10.7. The minimum atomic E-state index is -3.86. The summed E-state index contributed by atoms with van der Waals surface area (Å²) in [5.41, 5.74) is 0. The summed E-state index contributed by atoms with van der Waals surface area (Å²) in [6, 6.07) is 4.24. The fourth-order valence-electron chi connectivity index (χ4n) is 1.54. The van der Waals surface area contributed by atoms with Crippen LogP contribution in [0.15, 0.2) is 34.1 Å². The monoisotopic (exact) mass is 354 g/mol. The van der Waals surface area contributed by atoms with Crippen LogP contribution in [-0.4, -0.2) is 39.1 Å². The summed E-state index contributed by atoms with van der Waals surface area (Å²) in [5, 5.41) is 4.94. The summed E-state index contributed by atoms with van der Waals surface area (Å²) in [7, 11) is -8.60. The predicted octanol–water partition coefficient (Wildman–Crippen LogP) is -0.231. The molecule has 0 radical (unpaired) electrons. The lowest BCUT2D eigenvalue weighted by atomic mass is 10.3. The van der Waals surface area contributed by atoms with Crippen molar-refractivity contribution >= 4 is 30.8 Å². The van der Waals surface area contributed by atoms with Gasteiger partial charge in [0.25, 0.3) is 0 Å². The highest BCUT2D eigenvalue weighted by molar-refractivity contribution is 7.89. The summed E-state index contributed by atoms with van der Waals surface area (Å²) in [6.45, 7) is 1.67. The van der Waals surface area contributed by atoms with Gasteiger partial charge in [0.1, 0.15) is 0 Å². The zero-order chi connectivity index (χ0) is 16.3. The van der Waals surface area contributed by atoms with E-state index in [4.69, 9.17) is 5.14 Å². The van der Waals surface area contributed by atoms with Crippen molar-refractivity contribution in [3.05, 3.63) is 24.3 Å². The molecule has 0 saturated heterocycles. The van der Waals surface area contributed by atoms with Gasteiger partial charge in [-0.1, -0.05) is 0 Å². The maximum atomic E-state index is 12.1. The Hall–Kier alpha value is -0.810. The molecule has 0 aromatic heterocycles. The summed E-state index contributed by atoms with van der Waals surface area (Å²) in [5.74, 6) is 0.397. The van der Waals surface area contributed by atoms with Crippen LogP contribution in [0.2, 0.25) is 0 Å². The predicted molar refractivity (Wildman–Crippen MR) is 81.1 cm³/mol. The molecule has 0 aliphatic rings. The maximum Gasteiger partial charge on any atom is 0.240 e. The molecule has 120 valence electrons. The second-order valence-corrected chi connectivity index (χ2v) is 9.43. The molecule has 1 rings (SSSR count). The van der Waals surface area contributed by atoms with Gasteiger partial charge in [-0.3, -0.25) is 4.21 Å². The van der Waals surface area contributed by atoms with Crippen molar-refractivity contribution in [3.63, 3.8) is 0 Å². The van der Waals surface area contributed by atoms with Crippen LogP contribution >= 0.6 is 0 Å². The van der Waals surface area contributed by atoms with Gasteiger partial charge in [-0.25, -0.2) is 26.7 Å². The highest BCUT2D eigenvalue weighted by Gasteiger charge is 2.18. The molecule has 0 heterocycles. The average molecular weight is 354 g/mol. The van der Waals surface area contributed by atoms with E-state index in [1.807, 2.05) is 0 Å². The van der Waals surface area contributed by atoms with Crippen LogP contribution in [0.4, 0.5) is 0 Å². The van der Waals surface area contributed by atoms with Crippen LogP contribution in [0.3, 0.4) is 0 Å². The average Bonchev–Trinajstić information content (AvgIpc) is 2.35. The highest BCUT2D eigenvalue weighted by Crippen LogP contribution is 2.14. The number of nitrogens with two attached hydrogens (primary N) is 1.